The number of hydrogen-bond acceptors (Lipinski definition) is 3. The summed E-state index contributed by atoms with van der Waals surface area (Å²) in [6.07, 6.45) is 5.29. The summed E-state index contributed by atoms with van der Waals surface area (Å²) < 4.78 is 1.72. The molecule has 1 N–H and O–H groups in total. The molecule has 2 saturated carbocycles. The Morgan fingerprint density at radius 2 is 2.04 bits per heavy atom. The Hall–Kier alpha value is -2.17. The highest BCUT2D eigenvalue weighted by molar-refractivity contribution is 5.92. The maximum Gasteiger partial charge on any atom is 0.273 e. The molecule has 1 aromatic carbocycles. The molecule has 25 heavy (non-hydrogen) atoms. The van der Waals surface area contributed by atoms with E-state index >= 15 is 0 Å². The van der Waals surface area contributed by atoms with Crippen molar-refractivity contribution >= 4 is 5.91 Å². The number of rotatable bonds is 4. The van der Waals surface area contributed by atoms with Gasteiger partial charge in [0.05, 0.1) is 12.7 Å². The van der Waals surface area contributed by atoms with Gasteiger partial charge < -0.3 is 5.32 Å². The highest BCUT2D eigenvalue weighted by Gasteiger charge is 2.61. The highest BCUT2D eigenvalue weighted by atomic mass is 16.2. The zero-order chi connectivity index (χ0) is 17.7. The zero-order valence-electron chi connectivity index (χ0n) is 15.2. The number of carbonyl (C=O) groups excluding carboxylic acids is 1. The lowest BCUT2D eigenvalue weighted by Crippen LogP contribution is -2.47. The molecule has 0 saturated heterocycles. The van der Waals surface area contributed by atoms with Gasteiger partial charge in [-0.15, -0.1) is 5.10 Å². The Balaban J connectivity index is 1.44. The minimum absolute atomic E-state index is 0.103. The molecule has 132 valence electrons. The monoisotopic (exact) mass is 338 g/mol. The predicted octanol–water partition coefficient (Wildman–Crippen LogP) is 3.27. The maximum atomic E-state index is 12.7. The Bertz CT molecular complexity index is 782. The van der Waals surface area contributed by atoms with E-state index in [4.69, 9.17) is 0 Å². The molecule has 2 bridgehead atoms. The van der Waals surface area contributed by atoms with E-state index in [1.165, 1.54) is 12.8 Å². The summed E-state index contributed by atoms with van der Waals surface area (Å²) in [6.45, 7) is 7.66. The highest BCUT2D eigenvalue weighted by Crippen LogP contribution is 2.65. The number of amides is 1. The fourth-order valence-electron chi connectivity index (χ4n) is 4.90. The molecule has 5 heteroatoms. The van der Waals surface area contributed by atoms with Gasteiger partial charge in [0.15, 0.2) is 5.69 Å². The standard InChI is InChI=1S/C20H26N4O/c1-19(2)15-9-10-20(19,3)17(11-15)21-18(25)16-13-24(23-22-16)12-14-7-5-4-6-8-14/h4-8,13,15,17H,9-12H2,1-3H3,(H,21,25). The van der Waals surface area contributed by atoms with Crippen molar-refractivity contribution in [3.05, 3.63) is 47.8 Å². The van der Waals surface area contributed by atoms with Gasteiger partial charge in [-0.05, 0) is 41.6 Å². The zero-order valence-corrected chi connectivity index (χ0v) is 15.2. The number of hydrogen-bond donors (Lipinski definition) is 1. The smallest absolute Gasteiger partial charge is 0.273 e. The summed E-state index contributed by atoms with van der Waals surface area (Å²) in [5.41, 5.74) is 2.00. The molecule has 0 aliphatic heterocycles. The molecule has 4 rings (SSSR count). The van der Waals surface area contributed by atoms with Gasteiger partial charge >= 0.3 is 0 Å². The molecule has 0 spiro atoms. The molecule has 2 aromatic rings. The second-order valence-electron chi connectivity index (χ2n) is 8.42. The fourth-order valence-corrected chi connectivity index (χ4v) is 4.90. The first kappa shape index (κ1) is 16.3. The van der Waals surface area contributed by atoms with Crippen molar-refractivity contribution < 1.29 is 4.79 Å². The molecule has 2 fully saturated rings. The third-order valence-electron chi connectivity index (χ3n) is 7.06. The summed E-state index contributed by atoms with van der Waals surface area (Å²) in [6, 6.07) is 10.3. The molecule has 2 aliphatic carbocycles. The molecule has 3 unspecified atom stereocenters. The van der Waals surface area contributed by atoms with Gasteiger partial charge in [0.25, 0.3) is 5.91 Å². The summed E-state index contributed by atoms with van der Waals surface area (Å²) in [5, 5.41) is 11.4. The first-order valence-corrected chi connectivity index (χ1v) is 9.15. The molecular weight excluding hydrogens is 312 g/mol. The quantitative estimate of drug-likeness (QED) is 0.931. The molecule has 1 aromatic heterocycles. The van der Waals surface area contributed by atoms with Gasteiger partial charge in [0, 0.05) is 6.04 Å². The minimum Gasteiger partial charge on any atom is -0.347 e. The number of nitrogens with one attached hydrogen (secondary N) is 1. The normalized spacial score (nSPS) is 29.7. The van der Waals surface area contributed by atoms with Gasteiger partial charge in [-0.3, -0.25) is 4.79 Å². The van der Waals surface area contributed by atoms with Crippen LogP contribution in [0.2, 0.25) is 0 Å². The average Bonchev–Trinajstić information content (AvgIpc) is 3.19. The predicted molar refractivity (Wildman–Crippen MR) is 96.0 cm³/mol. The van der Waals surface area contributed by atoms with Crippen molar-refractivity contribution in [3.8, 4) is 0 Å². The van der Waals surface area contributed by atoms with E-state index in [1.54, 1.807) is 10.9 Å². The third-order valence-corrected chi connectivity index (χ3v) is 7.06. The van der Waals surface area contributed by atoms with Crippen LogP contribution in [0, 0.1) is 16.7 Å². The number of nitrogens with zero attached hydrogens (tertiary/aromatic N) is 3. The number of benzene rings is 1. The van der Waals surface area contributed by atoms with Gasteiger partial charge in [-0.25, -0.2) is 4.68 Å². The molecule has 1 heterocycles. The molecule has 3 atom stereocenters. The fraction of sp³-hybridized carbons (Fsp3) is 0.550. The van der Waals surface area contributed by atoms with Crippen molar-refractivity contribution in [2.24, 2.45) is 16.7 Å². The Morgan fingerprint density at radius 1 is 1.28 bits per heavy atom. The van der Waals surface area contributed by atoms with Crippen molar-refractivity contribution in [3.63, 3.8) is 0 Å². The third kappa shape index (κ3) is 2.57. The van der Waals surface area contributed by atoms with Crippen molar-refractivity contribution in [1.82, 2.24) is 20.3 Å². The topological polar surface area (TPSA) is 59.8 Å². The SMILES string of the molecule is CC1(C)C2CCC1(C)C(NC(=O)c1cn(Cc3ccccc3)nn1)C2. The summed E-state index contributed by atoms with van der Waals surface area (Å²) in [7, 11) is 0. The van der Waals surface area contributed by atoms with E-state index in [2.05, 4.69) is 36.4 Å². The van der Waals surface area contributed by atoms with E-state index < -0.39 is 0 Å². The van der Waals surface area contributed by atoms with Crippen LogP contribution in [0.4, 0.5) is 0 Å². The van der Waals surface area contributed by atoms with E-state index in [0.29, 0.717) is 18.2 Å². The van der Waals surface area contributed by atoms with Crippen LogP contribution in [0.5, 0.6) is 0 Å². The van der Waals surface area contributed by atoms with Crippen LogP contribution >= 0.6 is 0 Å². The van der Waals surface area contributed by atoms with Crippen LogP contribution < -0.4 is 5.32 Å². The average molecular weight is 338 g/mol. The summed E-state index contributed by atoms with van der Waals surface area (Å²) >= 11 is 0. The van der Waals surface area contributed by atoms with Crippen LogP contribution in [0.3, 0.4) is 0 Å². The van der Waals surface area contributed by atoms with Crippen LogP contribution in [-0.2, 0) is 6.54 Å². The van der Waals surface area contributed by atoms with Crippen molar-refractivity contribution in [2.45, 2.75) is 52.6 Å². The Kier molecular flexibility index (Phi) is 3.71. The summed E-state index contributed by atoms with van der Waals surface area (Å²) in [5.74, 6) is 0.602. The van der Waals surface area contributed by atoms with Crippen LogP contribution in [-0.4, -0.2) is 26.9 Å². The van der Waals surface area contributed by atoms with E-state index in [0.717, 1.165) is 12.0 Å². The molecule has 2 aliphatic rings. The van der Waals surface area contributed by atoms with E-state index in [1.807, 2.05) is 30.3 Å². The lowest BCUT2D eigenvalue weighted by Gasteiger charge is -2.39. The number of aromatic nitrogens is 3. The van der Waals surface area contributed by atoms with Gasteiger partial charge in [-0.1, -0.05) is 56.3 Å². The Morgan fingerprint density at radius 3 is 2.68 bits per heavy atom. The molecule has 1 amide bonds. The number of carbonyl (C=O) groups is 1. The lowest BCUT2D eigenvalue weighted by molar-refractivity contribution is 0.0821. The van der Waals surface area contributed by atoms with Crippen molar-refractivity contribution in [1.29, 1.82) is 0 Å². The molecular formula is C20H26N4O. The Labute approximate surface area is 148 Å². The summed E-state index contributed by atoms with van der Waals surface area (Å²) in [4.78, 5) is 12.7. The second kappa shape index (κ2) is 5.68. The molecule has 0 radical (unpaired) electrons. The first-order chi connectivity index (χ1) is 11.9. The maximum absolute atomic E-state index is 12.7. The molecule has 5 nitrogen and oxygen atoms in total. The lowest BCUT2D eigenvalue weighted by atomic mass is 9.69. The van der Waals surface area contributed by atoms with Crippen molar-refractivity contribution in [2.75, 3.05) is 0 Å². The largest absolute Gasteiger partial charge is 0.347 e. The van der Waals surface area contributed by atoms with Gasteiger partial charge in [0.1, 0.15) is 0 Å². The van der Waals surface area contributed by atoms with Gasteiger partial charge in [0.2, 0.25) is 0 Å². The first-order valence-electron chi connectivity index (χ1n) is 9.15. The second-order valence-corrected chi connectivity index (χ2v) is 8.42. The van der Waals surface area contributed by atoms with Crippen LogP contribution in [0.1, 0.15) is 56.1 Å². The number of fused-ring (bicyclic) bond motifs is 2. The van der Waals surface area contributed by atoms with E-state index in [-0.39, 0.29) is 22.8 Å². The van der Waals surface area contributed by atoms with Gasteiger partial charge in [-0.2, -0.15) is 0 Å². The van der Waals surface area contributed by atoms with E-state index in [9.17, 15) is 4.79 Å². The van der Waals surface area contributed by atoms with Crippen LogP contribution in [0.15, 0.2) is 36.5 Å². The minimum atomic E-state index is -0.103. The van der Waals surface area contributed by atoms with Crippen LogP contribution in [0.25, 0.3) is 0 Å².